The summed E-state index contributed by atoms with van der Waals surface area (Å²) in [6, 6.07) is 4.23. The Bertz CT molecular complexity index is 474. The highest BCUT2D eigenvalue weighted by molar-refractivity contribution is 7.90. The van der Waals surface area contributed by atoms with Gasteiger partial charge in [0.25, 0.3) is 0 Å². The lowest BCUT2D eigenvalue weighted by Crippen LogP contribution is -2.07. The quantitative estimate of drug-likeness (QED) is 0.800. The van der Waals surface area contributed by atoms with Crippen molar-refractivity contribution in [2.45, 2.75) is 11.8 Å². The average Bonchev–Trinajstić information content (AvgIpc) is 2.01. The standard InChI is InChI=1S/C9H10O4S/c1-6-3-4-8(14(2,12)13)7(5-6)9(10)11/h3-5H,1-2H3,(H,10,11). The molecular formula is C9H10O4S. The summed E-state index contributed by atoms with van der Waals surface area (Å²) in [5, 5.41) is 8.79. The van der Waals surface area contributed by atoms with Crippen LogP contribution in [-0.2, 0) is 9.84 Å². The van der Waals surface area contributed by atoms with Crippen LogP contribution < -0.4 is 0 Å². The summed E-state index contributed by atoms with van der Waals surface area (Å²) in [7, 11) is -3.48. The van der Waals surface area contributed by atoms with Gasteiger partial charge in [-0.3, -0.25) is 0 Å². The molecule has 0 heterocycles. The molecule has 0 radical (unpaired) electrons. The molecule has 0 aliphatic carbocycles. The van der Waals surface area contributed by atoms with Crippen LogP contribution in [0, 0.1) is 6.92 Å². The highest BCUT2D eigenvalue weighted by atomic mass is 32.2. The number of hydrogen-bond acceptors (Lipinski definition) is 3. The normalized spacial score (nSPS) is 11.3. The minimum absolute atomic E-state index is 0.143. The number of sulfone groups is 1. The summed E-state index contributed by atoms with van der Waals surface area (Å²) in [5.74, 6) is -1.23. The van der Waals surface area contributed by atoms with E-state index >= 15 is 0 Å². The second-order valence-electron chi connectivity index (χ2n) is 3.08. The predicted molar refractivity (Wildman–Crippen MR) is 51.2 cm³/mol. The Morgan fingerprint density at radius 1 is 1.36 bits per heavy atom. The van der Waals surface area contributed by atoms with E-state index in [2.05, 4.69) is 0 Å². The zero-order valence-electron chi connectivity index (χ0n) is 7.81. The van der Waals surface area contributed by atoms with E-state index in [4.69, 9.17) is 5.11 Å². The molecule has 1 rings (SSSR count). The van der Waals surface area contributed by atoms with Crippen molar-refractivity contribution in [1.29, 1.82) is 0 Å². The van der Waals surface area contributed by atoms with E-state index < -0.39 is 15.8 Å². The smallest absolute Gasteiger partial charge is 0.337 e. The maximum Gasteiger partial charge on any atom is 0.337 e. The molecule has 0 aliphatic heterocycles. The fraction of sp³-hybridized carbons (Fsp3) is 0.222. The summed E-state index contributed by atoms with van der Waals surface area (Å²) in [4.78, 5) is 10.6. The van der Waals surface area contributed by atoms with Crippen LogP contribution in [0.25, 0.3) is 0 Å². The van der Waals surface area contributed by atoms with Crippen molar-refractivity contribution < 1.29 is 18.3 Å². The molecule has 1 aromatic rings. The van der Waals surface area contributed by atoms with Gasteiger partial charge in [-0.1, -0.05) is 11.6 Å². The van der Waals surface area contributed by atoms with E-state index in [9.17, 15) is 13.2 Å². The molecule has 14 heavy (non-hydrogen) atoms. The highest BCUT2D eigenvalue weighted by Gasteiger charge is 2.17. The van der Waals surface area contributed by atoms with Crippen molar-refractivity contribution >= 4 is 15.8 Å². The molecule has 4 nitrogen and oxygen atoms in total. The second kappa shape index (κ2) is 3.42. The largest absolute Gasteiger partial charge is 0.478 e. The summed E-state index contributed by atoms with van der Waals surface area (Å²) in [6.45, 7) is 1.71. The van der Waals surface area contributed by atoms with Gasteiger partial charge in [0.15, 0.2) is 9.84 Å². The van der Waals surface area contributed by atoms with Crippen molar-refractivity contribution in [1.82, 2.24) is 0 Å². The molecule has 1 N–H and O–H groups in total. The lowest BCUT2D eigenvalue weighted by Gasteiger charge is -2.04. The molecule has 5 heteroatoms. The first kappa shape index (κ1) is 10.7. The van der Waals surface area contributed by atoms with Gasteiger partial charge in [0, 0.05) is 6.26 Å². The summed E-state index contributed by atoms with van der Waals surface area (Å²) in [6.07, 6.45) is 0.990. The van der Waals surface area contributed by atoms with Crippen LogP contribution in [0.4, 0.5) is 0 Å². The minimum atomic E-state index is -3.48. The molecule has 0 fully saturated rings. The molecule has 0 saturated heterocycles. The van der Waals surface area contributed by atoms with E-state index in [-0.39, 0.29) is 10.5 Å². The van der Waals surface area contributed by atoms with Gasteiger partial charge in [-0.15, -0.1) is 0 Å². The highest BCUT2D eigenvalue weighted by Crippen LogP contribution is 2.17. The van der Waals surface area contributed by atoms with Crippen LogP contribution in [0.15, 0.2) is 23.1 Å². The topological polar surface area (TPSA) is 71.4 Å². The maximum atomic E-state index is 11.2. The molecule has 0 saturated carbocycles. The lowest BCUT2D eigenvalue weighted by atomic mass is 10.1. The van der Waals surface area contributed by atoms with Gasteiger partial charge < -0.3 is 5.11 Å². The zero-order chi connectivity index (χ0) is 10.9. The van der Waals surface area contributed by atoms with Crippen LogP contribution in [0.1, 0.15) is 15.9 Å². The van der Waals surface area contributed by atoms with E-state index in [1.807, 2.05) is 0 Å². The van der Waals surface area contributed by atoms with Crippen molar-refractivity contribution in [3.8, 4) is 0 Å². The number of carboxylic acids is 1. The maximum absolute atomic E-state index is 11.2. The Kier molecular flexibility index (Phi) is 2.62. The van der Waals surface area contributed by atoms with Crippen LogP contribution >= 0.6 is 0 Å². The Morgan fingerprint density at radius 2 is 1.93 bits per heavy atom. The second-order valence-corrected chi connectivity index (χ2v) is 5.06. The van der Waals surface area contributed by atoms with E-state index in [1.54, 1.807) is 13.0 Å². The van der Waals surface area contributed by atoms with Crippen LogP contribution in [0.2, 0.25) is 0 Å². The Morgan fingerprint density at radius 3 is 2.36 bits per heavy atom. The number of rotatable bonds is 2. The van der Waals surface area contributed by atoms with Gasteiger partial charge in [-0.05, 0) is 19.1 Å². The molecule has 0 aliphatic rings. The number of aryl methyl sites for hydroxylation is 1. The third-order valence-electron chi connectivity index (χ3n) is 1.76. The number of carboxylic acid groups (broad SMARTS) is 1. The van der Waals surface area contributed by atoms with Crippen LogP contribution in [-0.4, -0.2) is 25.7 Å². The minimum Gasteiger partial charge on any atom is -0.478 e. The third kappa shape index (κ3) is 2.11. The SMILES string of the molecule is Cc1ccc(S(C)(=O)=O)c(C(=O)O)c1. The first-order valence-electron chi connectivity index (χ1n) is 3.86. The van der Waals surface area contributed by atoms with E-state index in [1.165, 1.54) is 12.1 Å². The summed E-state index contributed by atoms with van der Waals surface area (Å²) in [5.41, 5.74) is 0.544. The molecule has 76 valence electrons. The van der Waals surface area contributed by atoms with Gasteiger partial charge in [-0.25, -0.2) is 13.2 Å². The molecule has 0 aromatic heterocycles. The van der Waals surface area contributed by atoms with Gasteiger partial charge >= 0.3 is 5.97 Å². The van der Waals surface area contributed by atoms with Crippen molar-refractivity contribution in [3.63, 3.8) is 0 Å². The van der Waals surface area contributed by atoms with Crippen molar-refractivity contribution in [3.05, 3.63) is 29.3 Å². The predicted octanol–water partition coefficient (Wildman–Crippen LogP) is 1.10. The Balaban J connectivity index is 3.53. The first-order chi connectivity index (χ1) is 6.32. The average molecular weight is 214 g/mol. The van der Waals surface area contributed by atoms with E-state index in [0.717, 1.165) is 11.8 Å². The molecule has 0 atom stereocenters. The van der Waals surface area contributed by atoms with Crippen molar-refractivity contribution in [2.24, 2.45) is 0 Å². The summed E-state index contributed by atoms with van der Waals surface area (Å²) < 4.78 is 22.4. The number of benzene rings is 1. The molecule has 0 amide bonds. The lowest BCUT2D eigenvalue weighted by molar-refractivity contribution is 0.0692. The number of carbonyl (C=O) groups is 1. The Labute approximate surface area is 82.1 Å². The Hall–Kier alpha value is -1.36. The fourth-order valence-electron chi connectivity index (χ4n) is 1.13. The molecular weight excluding hydrogens is 204 g/mol. The van der Waals surface area contributed by atoms with Gasteiger partial charge in [0.05, 0.1) is 10.5 Å². The van der Waals surface area contributed by atoms with Gasteiger partial charge in [-0.2, -0.15) is 0 Å². The molecule has 1 aromatic carbocycles. The number of aromatic carboxylic acids is 1. The number of hydrogen-bond donors (Lipinski definition) is 1. The summed E-state index contributed by atoms with van der Waals surface area (Å²) >= 11 is 0. The molecule has 0 bridgehead atoms. The van der Waals surface area contributed by atoms with Crippen LogP contribution in [0.5, 0.6) is 0 Å². The molecule has 0 unspecified atom stereocenters. The van der Waals surface area contributed by atoms with Crippen molar-refractivity contribution in [2.75, 3.05) is 6.26 Å². The monoisotopic (exact) mass is 214 g/mol. The third-order valence-corrected chi connectivity index (χ3v) is 2.92. The fourth-order valence-corrected chi connectivity index (χ4v) is 2.00. The first-order valence-corrected chi connectivity index (χ1v) is 5.75. The molecule has 0 spiro atoms. The zero-order valence-corrected chi connectivity index (χ0v) is 8.63. The van der Waals surface area contributed by atoms with Crippen LogP contribution in [0.3, 0.4) is 0 Å². The van der Waals surface area contributed by atoms with Gasteiger partial charge in [0.2, 0.25) is 0 Å². The van der Waals surface area contributed by atoms with Gasteiger partial charge in [0.1, 0.15) is 0 Å². The van der Waals surface area contributed by atoms with E-state index in [0.29, 0.717) is 0 Å².